The van der Waals surface area contributed by atoms with Crippen LogP contribution in [0.15, 0.2) is 71.3 Å². The lowest BCUT2D eigenvalue weighted by atomic mass is 9.77. The molecule has 0 aliphatic heterocycles. The SMILES string of the molecule is CC(C)(c1cc(Br)cc(-n2ccc3ccc(NS(C)(=O)=O)cc32)c1)c1cc(OC(F)(F)F)ccc1F. The first-order valence-corrected chi connectivity index (χ1v) is 13.3. The van der Waals surface area contributed by atoms with Crippen molar-refractivity contribution in [1.82, 2.24) is 4.57 Å². The summed E-state index contributed by atoms with van der Waals surface area (Å²) in [7, 11) is -3.47. The van der Waals surface area contributed by atoms with Gasteiger partial charge in [-0.05, 0) is 60.2 Å². The molecule has 0 saturated carbocycles. The van der Waals surface area contributed by atoms with Crippen LogP contribution >= 0.6 is 15.9 Å². The maximum Gasteiger partial charge on any atom is 0.573 e. The molecule has 0 radical (unpaired) electrons. The maximum atomic E-state index is 14.8. The van der Waals surface area contributed by atoms with Gasteiger partial charge >= 0.3 is 6.36 Å². The van der Waals surface area contributed by atoms with E-state index in [1.165, 1.54) is 0 Å². The van der Waals surface area contributed by atoms with Crippen molar-refractivity contribution in [3.63, 3.8) is 0 Å². The predicted molar refractivity (Wildman–Crippen MR) is 135 cm³/mol. The number of hydrogen-bond donors (Lipinski definition) is 1. The molecule has 0 fully saturated rings. The van der Waals surface area contributed by atoms with Gasteiger partial charge < -0.3 is 9.30 Å². The third kappa shape index (κ3) is 5.67. The van der Waals surface area contributed by atoms with Crippen LogP contribution in [0.2, 0.25) is 0 Å². The Morgan fingerprint density at radius 2 is 1.69 bits per heavy atom. The zero-order chi connectivity index (χ0) is 26.5. The maximum absolute atomic E-state index is 14.8. The summed E-state index contributed by atoms with van der Waals surface area (Å²) in [5.74, 6) is -1.18. The summed E-state index contributed by atoms with van der Waals surface area (Å²) < 4.78 is 85.3. The zero-order valence-corrected chi connectivity index (χ0v) is 21.7. The molecule has 0 bridgehead atoms. The molecule has 1 aromatic heterocycles. The molecule has 0 spiro atoms. The Bertz CT molecular complexity index is 1560. The molecule has 4 aromatic rings. The largest absolute Gasteiger partial charge is 0.573 e. The molecule has 190 valence electrons. The lowest BCUT2D eigenvalue weighted by Gasteiger charge is -2.28. The molecule has 36 heavy (non-hydrogen) atoms. The van der Waals surface area contributed by atoms with Crippen LogP contribution in [-0.4, -0.2) is 25.6 Å². The van der Waals surface area contributed by atoms with Crippen LogP contribution in [0.1, 0.15) is 25.0 Å². The van der Waals surface area contributed by atoms with Gasteiger partial charge in [-0.15, -0.1) is 13.2 Å². The van der Waals surface area contributed by atoms with E-state index in [1.54, 1.807) is 44.2 Å². The van der Waals surface area contributed by atoms with Crippen LogP contribution in [0.25, 0.3) is 16.6 Å². The summed E-state index contributed by atoms with van der Waals surface area (Å²) in [6.07, 6.45) is -2.03. The van der Waals surface area contributed by atoms with Gasteiger partial charge in [-0.1, -0.05) is 35.8 Å². The minimum absolute atomic E-state index is 0.0327. The Hall–Kier alpha value is -3.05. The molecule has 5 nitrogen and oxygen atoms in total. The van der Waals surface area contributed by atoms with Gasteiger partial charge in [0.25, 0.3) is 0 Å². The number of hydrogen-bond acceptors (Lipinski definition) is 3. The van der Waals surface area contributed by atoms with E-state index in [9.17, 15) is 26.0 Å². The van der Waals surface area contributed by atoms with E-state index in [0.717, 1.165) is 35.4 Å². The average molecular weight is 585 g/mol. The second-order valence-corrected chi connectivity index (χ2v) is 11.5. The molecule has 4 rings (SSSR count). The van der Waals surface area contributed by atoms with Crippen molar-refractivity contribution in [1.29, 1.82) is 0 Å². The first-order valence-electron chi connectivity index (χ1n) is 10.6. The average Bonchev–Trinajstić information content (AvgIpc) is 3.15. The molecule has 0 amide bonds. The smallest absolute Gasteiger partial charge is 0.406 e. The summed E-state index contributed by atoms with van der Waals surface area (Å²) >= 11 is 3.48. The highest BCUT2D eigenvalue weighted by atomic mass is 79.9. The number of anilines is 1. The first-order chi connectivity index (χ1) is 16.6. The number of nitrogens with one attached hydrogen (secondary N) is 1. The van der Waals surface area contributed by atoms with E-state index in [4.69, 9.17) is 0 Å². The number of nitrogens with zero attached hydrogens (tertiary/aromatic N) is 1. The molecule has 0 aliphatic rings. The summed E-state index contributed by atoms with van der Waals surface area (Å²) in [4.78, 5) is 0. The molecule has 1 N–H and O–H groups in total. The van der Waals surface area contributed by atoms with E-state index in [-0.39, 0.29) is 5.56 Å². The van der Waals surface area contributed by atoms with Gasteiger partial charge in [0.1, 0.15) is 11.6 Å². The van der Waals surface area contributed by atoms with Crippen molar-refractivity contribution >= 4 is 42.5 Å². The minimum atomic E-state index is -4.90. The zero-order valence-electron chi connectivity index (χ0n) is 19.3. The monoisotopic (exact) mass is 584 g/mol. The lowest BCUT2D eigenvalue weighted by Crippen LogP contribution is -2.22. The number of alkyl halides is 3. The third-order valence-corrected chi connectivity index (χ3v) is 6.79. The standard InChI is InChI=1S/C25H21BrF4N2O3S/c1-24(2,21-14-20(6-7-22(21)27)35-25(28,29)30)16-10-17(26)12-19(11-16)32-9-8-15-4-5-18(13-23(15)32)31-36(3,33)34/h4-14,31H,1-3H3. The van der Waals surface area contributed by atoms with Crippen molar-refractivity contribution in [2.75, 3.05) is 11.0 Å². The Morgan fingerprint density at radius 1 is 0.972 bits per heavy atom. The quantitative estimate of drug-likeness (QED) is 0.245. The summed E-state index contributed by atoms with van der Waals surface area (Å²) in [5.41, 5.74) is 1.41. The van der Waals surface area contributed by atoms with Gasteiger partial charge in [0.15, 0.2) is 0 Å². The Labute approximate surface area is 213 Å². The summed E-state index contributed by atoms with van der Waals surface area (Å²) in [6.45, 7) is 3.41. The molecule has 0 aliphatic carbocycles. The topological polar surface area (TPSA) is 60.3 Å². The molecular weight excluding hydrogens is 564 g/mol. The van der Waals surface area contributed by atoms with Gasteiger partial charge in [-0.2, -0.15) is 0 Å². The molecular formula is C25H21BrF4N2O3S. The highest BCUT2D eigenvalue weighted by Gasteiger charge is 2.33. The van der Waals surface area contributed by atoms with Crippen molar-refractivity contribution in [2.45, 2.75) is 25.6 Å². The number of halogens is 5. The van der Waals surface area contributed by atoms with Crippen molar-refractivity contribution < 1.29 is 30.7 Å². The molecule has 0 saturated heterocycles. The molecule has 0 unspecified atom stereocenters. The fourth-order valence-corrected chi connectivity index (χ4v) is 5.08. The molecule has 3 aromatic carbocycles. The van der Waals surface area contributed by atoms with Crippen LogP contribution in [0.4, 0.5) is 23.2 Å². The van der Waals surface area contributed by atoms with E-state index < -0.39 is 33.4 Å². The summed E-state index contributed by atoms with van der Waals surface area (Å²) in [6, 6.07) is 15.3. The van der Waals surface area contributed by atoms with Gasteiger partial charge in [-0.3, -0.25) is 4.72 Å². The Balaban J connectivity index is 1.81. The number of fused-ring (bicyclic) bond motifs is 1. The van der Waals surface area contributed by atoms with Gasteiger partial charge in [0.05, 0.1) is 17.5 Å². The van der Waals surface area contributed by atoms with Crippen molar-refractivity contribution in [3.8, 4) is 11.4 Å². The highest BCUT2D eigenvalue weighted by molar-refractivity contribution is 9.10. The lowest BCUT2D eigenvalue weighted by molar-refractivity contribution is -0.274. The Morgan fingerprint density at radius 3 is 2.36 bits per heavy atom. The van der Waals surface area contributed by atoms with E-state index in [2.05, 4.69) is 25.4 Å². The Kier molecular flexibility index (Phi) is 6.59. The van der Waals surface area contributed by atoms with E-state index in [0.29, 0.717) is 21.4 Å². The second-order valence-electron chi connectivity index (χ2n) is 8.85. The normalized spacial score (nSPS) is 12.7. The van der Waals surface area contributed by atoms with Crippen molar-refractivity contribution in [3.05, 3.63) is 88.3 Å². The first kappa shape index (κ1) is 26.0. The fourth-order valence-electron chi connectivity index (χ4n) is 4.04. The number of sulfonamides is 1. The van der Waals surface area contributed by atoms with Crippen LogP contribution in [-0.2, 0) is 15.4 Å². The molecule has 11 heteroatoms. The van der Waals surface area contributed by atoms with E-state index in [1.807, 2.05) is 22.9 Å². The molecule has 0 atom stereocenters. The number of ether oxygens (including phenoxy) is 1. The number of rotatable bonds is 6. The summed E-state index contributed by atoms with van der Waals surface area (Å²) in [5, 5.41) is 0.859. The van der Waals surface area contributed by atoms with Gasteiger partial charge in [0.2, 0.25) is 10.0 Å². The minimum Gasteiger partial charge on any atom is -0.406 e. The predicted octanol–water partition coefficient (Wildman–Crippen LogP) is 7.13. The van der Waals surface area contributed by atoms with Crippen LogP contribution in [0.5, 0.6) is 5.75 Å². The fraction of sp³-hybridized carbons (Fsp3) is 0.200. The number of aromatic nitrogens is 1. The van der Waals surface area contributed by atoms with Crippen LogP contribution in [0, 0.1) is 5.82 Å². The van der Waals surface area contributed by atoms with Crippen LogP contribution in [0.3, 0.4) is 0 Å². The van der Waals surface area contributed by atoms with Crippen LogP contribution < -0.4 is 9.46 Å². The highest BCUT2D eigenvalue weighted by Crippen LogP contribution is 2.38. The third-order valence-electron chi connectivity index (χ3n) is 5.72. The van der Waals surface area contributed by atoms with E-state index >= 15 is 0 Å². The number of benzene rings is 3. The van der Waals surface area contributed by atoms with Crippen molar-refractivity contribution in [2.24, 2.45) is 0 Å². The van der Waals surface area contributed by atoms with Gasteiger partial charge in [0, 0.05) is 32.7 Å². The second kappa shape index (κ2) is 9.11. The molecule has 1 heterocycles. The van der Waals surface area contributed by atoms with Gasteiger partial charge in [-0.25, -0.2) is 12.8 Å².